The maximum absolute atomic E-state index is 12.3. The van der Waals surface area contributed by atoms with E-state index in [9.17, 15) is 4.79 Å². The molecule has 0 saturated carbocycles. The maximum atomic E-state index is 12.3. The van der Waals surface area contributed by atoms with Gasteiger partial charge in [0, 0.05) is 43.7 Å². The molecule has 3 heterocycles. The number of imidazole rings is 1. The lowest BCUT2D eigenvalue weighted by atomic mass is 10.2. The highest BCUT2D eigenvalue weighted by atomic mass is 35.5. The van der Waals surface area contributed by atoms with E-state index in [1.54, 1.807) is 11.3 Å². The van der Waals surface area contributed by atoms with Gasteiger partial charge in [0.2, 0.25) is 5.91 Å². The van der Waals surface area contributed by atoms with Gasteiger partial charge in [-0.05, 0) is 26.8 Å². The third kappa shape index (κ3) is 3.14. The van der Waals surface area contributed by atoms with E-state index >= 15 is 0 Å². The van der Waals surface area contributed by atoms with Crippen LogP contribution in [0.25, 0.3) is 4.96 Å². The van der Waals surface area contributed by atoms with Crippen LogP contribution in [-0.4, -0.2) is 51.3 Å². The summed E-state index contributed by atoms with van der Waals surface area (Å²) in [5, 5.41) is 2.55. The Bertz CT molecular complexity index is 668. The molecule has 5 nitrogen and oxygen atoms in total. The fraction of sp³-hybridized carbons (Fsp3) is 0.600. The van der Waals surface area contributed by atoms with Gasteiger partial charge in [-0.25, -0.2) is 4.98 Å². The van der Waals surface area contributed by atoms with Crippen LogP contribution in [0.1, 0.15) is 31.9 Å². The van der Waals surface area contributed by atoms with E-state index in [2.05, 4.69) is 16.8 Å². The second kappa shape index (κ2) is 6.56. The molecule has 0 N–H and O–H groups in total. The number of fused-ring (bicyclic) bond motifs is 1. The van der Waals surface area contributed by atoms with Gasteiger partial charge in [0.05, 0.1) is 5.69 Å². The molecule has 0 aliphatic carbocycles. The fourth-order valence-electron chi connectivity index (χ4n) is 3.02. The minimum atomic E-state index is 0.261. The van der Waals surface area contributed by atoms with E-state index in [-0.39, 0.29) is 5.91 Å². The van der Waals surface area contributed by atoms with Gasteiger partial charge in [0.1, 0.15) is 0 Å². The summed E-state index contributed by atoms with van der Waals surface area (Å²) in [5.41, 5.74) is 0.988. The van der Waals surface area contributed by atoms with E-state index in [0.29, 0.717) is 24.2 Å². The Labute approximate surface area is 139 Å². The van der Waals surface area contributed by atoms with Crippen molar-refractivity contribution in [3.05, 3.63) is 22.4 Å². The largest absolute Gasteiger partial charge is 0.340 e. The Morgan fingerprint density at radius 1 is 1.59 bits per heavy atom. The molecule has 1 saturated heterocycles. The van der Waals surface area contributed by atoms with Gasteiger partial charge >= 0.3 is 0 Å². The monoisotopic (exact) mass is 340 g/mol. The van der Waals surface area contributed by atoms with Gasteiger partial charge < -0.3 is 4.90 Å². The molecule has 0 radical (unpaired) electrons. The van der Waals surface area contributed by atoms with E-state index in [4.69, 9.17) is 11.6 Å². The Kier molecular flexibility index (Phi) is 4.70. The molecule has 1 aliphatic rings. The minimum Gasteiger partial charge on any atom is -0.340 e. The zero-order valence-electron chi connectivity index (χ0n) is 13.0. The van der Waals surface area contributed by atoms with Crippen molar-refractivity contribution in [1.29, 1.82) is 0 Å². The van der Waals surface area contributed by atoms with Gasteiger partial charge in [-0.2, -0.15) is 0 Å². The van der Waals surface area contributed by atoms with Gasteiger partial charge in [-0.1, -0.05) is 11.6 Å². The molecule has 0 unspecified atom stereocenters. The predicted molar refractivity (Wildman–Crippen MR) is 89.4 cm³/mol. The summed E-state index contributed by atoms with van der Waals surface area (Å²) in [6, 6.07) is 0.396. The molecule has 7 heteroatoms. The molecule has 0 aromatic carbocycles. The molecule has 1 aliphatic heterocycles. The first-order valence-electron chi connectivity index (χ1n) is 7.64. The van der Waals surface area contributed by atoms with Crippen molar-refractivity contribution >= 4 is 33.8 Å². The van der Waals surface area contributed by atoms with Crippen LogP contribution in [0.15, 0.2) is 11.6 Å². The Balaban J connectivity index is 1.56. The Hall–Kier alpha value is -1.11. The number of hydrogen-bond acceptors (Lipinski definition) is 4. The van der Waals surface area contributed by atoms with E-state index in [0.717, 1.165) is 36.6 Å². The van der Waals surface area contributed by atoms with Crippen molar-refractivity contribution in [1.82, 2.24) is 19.2 Å². The normalized spacial score (nSPS) is 18.7. The second-order valence-corrected chi connectivity index (χ2v) is 7.20. The zero-order valence-corrected chi connectivity index (χ0v) is 14.5. The SMILES string of the molecule is C[C@H]1CCCN1C(=O)CCN(C)Cc1c(Cl)nc2sccn12. The number of rotatable bonds is 5. The molecule has 1 fully saturated rings. The number of thiazole rings is 1. The molecule has 120 valence electrons. The molecule has 2 aromatic heterocycles. The first-order valence-corrected chi connectivity index (χ1v) is 8.90. The molecule has 3 rings (SSSR count). The lowest BCUT2D eigenvalue weighted by Crippen LogP contribution is -2.35. The predicted octanol–water partition coefficient (Wildman–Crippen LogP) is 2.88. The summed E-state index contributed by atoms with van der Waals surface area (Å²) in [4.78, 5) is 21.7. The zero-order chi connectivity index (χ0) is 15.7. The highest BCUT2D eigenvalue weighted by Gasteiger charge is 2.24. The van der Waals surface area contributed by atoms with Crippen molar-refractivity contribution in [3.8, 4) is 0 Å². The summed E-state index contributed by atoms with van der Waals surface area (Å²) in [6.45, 7) is 4.47. The first-order chi connectivity index (χ1) is 10.6. The van der Waals surface area contributed by atoms with Crippen LogP contribution in [0.2, 0.25) is 5.15 Å². The number of nitrogens with zero attached hydrogens (tertiary/aromatic N) is 4. The number of amides is 1. The summed E-state index contributed by atoms with van der Waals surface area (Å²) < 4.78 is 2.02. The van der Waals surface area contributed by atoms with Crippen molar-refractivity contribution in [2.75, 3.05) is 20.1 Å². The molecule has 0 spiro atoms. The van der Waals surface area contributed by atoms with Crippen molar-refractivity contribution in [3.63, 3.8) is 0 Å². The fourth-order valence-corrected chi connectivity index (χ4v) is 4.03. The molecule has 2 aromatic rings. The van der Waals surface area contributed by atoms with Crippen LogP contribution >= 0.6 is 22.9 Å². The molecule has 22 heavy (non-hydrogen) atoms. The van der Waals surface area contributed by atoms with E-state index < -0.39 is 0 Å². The Morgan fingerprint density at radius 2 is 2.41 bits per heavy atom. The minimum absolute atomic E-state index is 0.261. The summed E-state index contributed by atoms with van der Waals surface area (Å²) >= 11 is 7.78. The number of aromatic nitrogens is 2. The van der Waals surface area contributed by atoms with Crippen LogP contribution < -0.4 is 0 Å². The summed E-state index contributed by atoms with van der Waals surface area (Å²) in [6.07, 6.45) is 4.80. The highest BCUT2D eigenvalue weighted by Crippen LogP contribution is 2.22. The third-order valence-corrected chi connectivity index (χ3v) is 5.37. The smallest absolute Gasteiger partial charge is 0.224 e. The molecule has 1 amide bonds. The average molecular weight is 341 g/mol. The van der Waals surface area contributed by atoms with Crippen LogP contribution in [0.4, 0.5) is 0 Å². The third-order valence-electron chi connectivity index (χ3n) is 4.31. The van der Waals surface area contributed by atoms with Gasteiger partial charge in [-0.15, -0.1) is 11.3 Å². The summed E-state index contributed by atoms with van der Waals surface area (Å²) in [7, 11) is 2.02. The van der Waals surface area contributed by atoms with Gasteiger partial charge in [0.25, 0.3) is 0 Å². The number of carbonyl (C=O) groups is 1. The molecule has 1 atom stereocenters. The lowest BCUT2D eigenvalue weighted by Gasteiger charge is -2.23. The lowest BCUT2D eigenvalue weighted by molar-refractivity contribution is -0.132. The number of carbonyl (C=O) groups excluding carboxylic acids is 1. The van der Waals surface area contributed by atoms with E-state index in [1.807, 2.05) is 27.9 Å². The van der Waals surface area contributed by atoms with Crippen LogP contribution in [0.3, 0.4) is 0 Å². The summed E-state index contributed by atoms with van der Waals surface area (Å²) in [5.74, 6) is 0.261. The van der Waals surface area contributed by atoms with Crippen LogP contribution in [0, 0.1) is 0 Å². The number of hydrogen-bond donors (Lipinski definition) is 0. The molecular formula is C15H21ClN4OS. The van der Waals surface area contributed by atoms with E-state index in [1.165, 1.54) is 0 Å². The number of likely N-dealkylation sites (tertiary alicyclic amines) is 1. The topological polar surface area (TPSA) is 40.9 Å². The second-order valence-electron chi connectivity index (χ2n) is 5.97. The average Bonchev–Trinajstić information content (AvgIpc) is 3.16. The highest BCUT2D eigenvalue weighted by molar-refractivity contribution is 7.15. The van der Waals surface area contributed by atoms with Crippen molar-refractivity contribution in [2.45, 2.75) is 38.8 Å². The standard InChI is InChI=1S/C15H21ClN4OS/c1-11-4-3-6-19(11)13(21)5-7-18(2)10-12-14(16)17-15-20(12)8-9-22-15/h8-9,11H,3-7,10H2,1-2H3/t11-/m0/s1. The maximum Gasteiger partial charge on any atom is 0.224 e. The molecular weight excluding hydrogens is 320 g/mol. The first kappa shape index (κ1) is 15.8. The number of halogens is 1. The quantitative estimate of drug-likeness (QED) is 0.840. The Morgan fingerprint density at radius 3 is 3.14 bits per heavy atom. The van der Waals surface area contributed by atoms with Gasteiger partial charge in [0.15, 0.2) is 10.1 Å². The van der Waals surface area contributed by atoms with Crippen LogP contribution in [-0.2, 0) is 11.3 Å². The molecule has 0 bridgehead atoms. The van der Waals surface area contributed by atoms with Crippen molar-refractivity contribution in [2.24, 2.45) is 0 Å². The van der Waals surface area contributed by atoms with Crippen LogP contribution in [0.5, 0.6) is 0 Å². The van der Waals surface area contributed by atoms with Gasteiger partial charge in [-0.3, -0.25) is 14.1 Å². The van der Waals surface area contributed by atoms with Crippen molar-refractivity contribution < 1.29 is 4.79 Å².